The van der Waals surface area contributed by atoms with E-state index in [1.165, 1.54) is 0 Å². The number of carbonyl (C=O) groups is 1. The Labute approximate surface area is 107 Å². The molecule has 6 nitrogen and oxygen atoms in total. The fraction of sp³-hybridized carbons (Fsp3) is 0.750. The molecule has 0 aliphatic carbocycles. The van der Waals surface area contributed by atoms with Gasteiger partial charge >= 0.3 is 0 Å². The first-order valence-electron chi connectivity index (χ1n) is 6.22. The lowest BCUT2D eigenvalue weighted by Crippen LogP contribution is -2.31. The largest absolute Gasteiger partial charge is 0.396 e. The van der Waals surface area contributed by atoms with E-state index in [9.17, 15) is 4.79 Å². The smallest absolute Gasteiger partial charge is 0.292 e. The van der Waals surface area contributed by atoms with E-state index >= 15 is 0 Å². The van der Waals surface area contributed by atoms with Crippen LogP contribution < -0.4 is 5.32 Å². The number of nitrogens with one attached hydrogen (secondary N) is 1. The zero-order valence-corrected chi connectivity index (χ0v) is 11.1. The lowest BCUT2D eigenvalue weighted by Gasteiger charge is -2.17. The van der Waals surface area contributed by atoms with Gasteiger partial charge < -0.3 is 14.9 Å². The van der Waals surface area contributed by atoms with Crippen LogP contribution in [0.1, 0.15) is 43.2 Å². The molecule has 0 aromatic carbocycles. The number of aliphatic hydroxyl groups is 1. The number of amides is 1. The molecule has 1 atom stereocenters. The van der Waals surface area contributed by atoms with E-state index in [2.05, 4.69) is 29.3 Å². The molecule has 0 saturated heterocycles. The summed E-state index contributed by atoms with van der Waals surface area (Å²) in [5, 5.41) is 15.3. The summed E-state index contributed by atoms with van der Waals surface area (Å²) in [6.07, 6.45) is 1.65. The zero-order chi connectivity index (χ0) is 13.5. The van der Waals surface area contributed by atoms with Crippen LogP contribution in [-0.2, 0) is 0 Å². The van der Waals surface area contributed by atoms with E-state index in [0.29, 0.717) is 24.8 Å². The molecule has 1 amide bonds. The van der Waals surface area contributed by atoms with Gasteiger partial charge in [-0.15, -0.1) is 0 Å². The van der Waals surface area contributed by atoms with Crippen LogP contribution >= 0.6 is 0 Å². The Bertz CT molecular complexity index is 376. The van der Waals surface area contributed by atoms with Gasteiger partial charge in [-0.25, -0.2) is 0 Å². The first-order valence-corrected chi connectivity index (χ1v) is 6.22. The van der Waals surface area contributed by atoms with Crippen molar-refractivity contribution in [1.29, 1.82) is 0 Å². The quantitative estimate of drug-likeness (QED) is 0.763. The van der Waals surface area contributed by atoms with Crippen molar-refractivity contribution in [2.45, 2.75) is 33.6 Å². The minimum absolute atomic E-state index is 0.0554. The lowest BCUT2D eigenvalue weighted by molar-refractivity contribution is 0.0928. The average Bonchev–Trinajstić information content (AvgIpc) is 2.72. The normalized spacial score (nSPS) is 12.7. The Kier molecular flexibility index (Phi) is 5.77. The molecule has 1 aromatic heterocycles. The molecule has 1 unspecified atom stereocenters. The van der Waals surface area contributed by atoms with E-state index in [0.717, 1.165) is 6.42 Å². The molecule has 0 saturated carbocycles. The Hall–Kier alpha value is -1.43. The summed E-state index contributed by atoms with van der Waals surface area (Å²) >= 11 is 0. The van der Waals surface area contributed by atoms with Crippen molar-refractivity contribution in [2.24, 2.45) is 11.8 Å². The van der Waals surface area contributed by atoms with Gasteiger partial charge in [-0.3, -0.25) is 4.79 Å². The Balaban J connectivity index is 2.43. The lowest BCUT2D eigenvalue weighted by atomic mass is 9.94. The molecular formula is C12H21N3O3. The van der Waals surface area contributed by atoms with Crippen molar-refractivity contribution in [3.05, 3.63) is 11.7 Å². The summed E-state index contributed by atoms with van der Waals surface area (Å²) in [6, 6.07) is 0. The fourth-order valence-electron chi connectivity index (χ4n) is 1.86. The number of carbonyl (C=O) groups excluding carboxylic acids is 1. The van der Waals surface area contributed by atoms with Crippen LogP contribution in [0.4, 0.5) is 0 Å². The standard InChI is InChI=1S/C12H21N3O3/c1-8(2)6-10(4-5-16)7-13-12(17)11-14-9(3)18-15-11/h8,10,16H,4-7H2,1-3H3,(H,13,17). The third-order valence-electron chi connectivity index (χ3n) is 2.62. The molecule has 1 heterocycles. The summed E-state index contributed by atoms with van der Waals surface area (Å²) in [4.78, 5) is 15.6. The van der Waals surface area contributed by atoms with Crippen LogP contribution in [0.25, 0.3) is 0 Å². The first-order chi connectivity index (χ1) is 8.52. The van der Waals surface area contributed by atoms with E-state index in [1.54, 1.807) is 6.92 Å². The van der Waals surface area contributed by atoms with E-state index in [4.69, 9.17) is 9.63 Å². The van der Waals surface area contributed by atoms with Crippen LogP contribution in [0, 0.1) is 18.8 Å². The molecule has 2 N–H and O–H groups in total. The molecule has 0 aliphatic heterocycles. The maximum Gasteiger partial charge on any atom is 0.292 e. The predicted molar refractivity (Wildman–Crippen MR) is 66.0 cm³/mol. The Morgan fingerprint density at radius 2 is 2.22 bits per heavy atom. The van der Waals surface area contributed by atoms with Crippen LogP contribution in [0.2, 0.25) is 0 Å². The van der Waals surface area contributed by atoms with Gasteiger partial charge in [0.2, 0.25) is 5.89 Å². The van der Waals surface area contributed by atoms with Crippen molar-refractivity contribution in [2.75, 3.05) is 13.2 Å². The topological polar surface area (TPSA) is 88.2 Å². The SMILES string of the molecule is Cc1nc(C(=O)NCC(CCO)CC(C)C)no1. The predicted octanol–water partition coefficient (Wildman–Crippen LogP) is 1.15. The number of nitrogens with zero attached hydrogens (tertiary/aromatic N) is 2. The van der Waals surface area contributed by atoms with Crippen molar-refractivity contribution < 1.29 is 14.4 Å². The fourth-order valence-corrected chi connectivity index (χ4v) is 1.86. The average molecular weight is 255 g/mol. The summed E-state index contributed by atoms with van der Waals surface area (Å²) in [5.74, 6) is 0.894. The molecule has 1 aromatic rings. The molecular weight excluding hydrogens is 234 g/mol. The Morgan fingerprint density at radius 3 is 2.72 bits per heavy atom. The highest BCUT2D eigenvalue weighted by molar-refractivity contribution is 5.90. The molecule has 6 heteroatoms. The molecule has 0 fully saturated rings. The van der Waals surface area contributed by atoms with E-state index in [-0.39, 0.29) is 24.3 Å². The van der Waals surface area contributed by atoms with Gasteiger partial charge in [-0.1, -0.05) is 19.0 Å². The maximum atomic E-state index is 11.7. The molecule has 1 rings (SSSR count). The second kappa shape index (κ2) is 7.10. The molecule has 102 valence electrons. The summed E-state index contributed by atoms with van der Waals surface area (Å²) in [7, 11) is 0. The van der Waals surface area contributed by atoms with Crippen molar-refractivity contribution >= 4 is 5.91 Å². The highest BCUT2D eigenvalue weighted by atomic mass is 16.5. The van der Waals surface area contributed by atoms with Gasteiger partial charge in [0.25, 0.3) is 11.7 Å². The van der Waals surface area contributed by atoms with Crippen LogP contribution in [0.15, 0.2) is 4.52 Å². The van der Waals surface area contributed by atoms with Gasteiger partial charge in [-0.05, 0) is 24.7 Å². The van der Waals surface area contributed by atoms with E-state index < -0.39 is 0 Å². The van der Waals surface area contributed by atoms with Gasteiger partial charge in [0, 0.05) is 20.1 Å². The number of hydrogen-bond donors (Lipinski definition) is 2. The summed E-state index contributed by atoms with van der Waals surface area (Å²) in [5.41, 5.74) is 0. The van der Waals surface area contributed by atoms with Gasteiger partial charge in [-0.2, -0.15) is 4.98 Å². The van der Waals surface area contributed by atoms with E-state index in [1.807, 2.05) is 0 Å². The number of aryl methyl sites for hydroxylation is 1. The van der Waals surface area contributed by atoms with Crippen LogP contribution in [0.3, 0.4) is 0 Å². The monoisotopic (exact) mass is 255 g/mol. The molecule has 18 heavy (non-hydrogen) atoms. The Morgan fingerprint density at radius 1 is 1.50 bits per heavy atom. The minimum Gasteiger partial charge on any atom is -0.396 e. The summed E-state index contributed by atoms with van der Waals surface area (Å²) in [6.45, 7) is 6.53. The summed E-state index contributed by atoms with van der Waals surface area (Å²) < 4.78 is 4.74. The third-order valence-corrected chi connectivity index (χ3v) is 2.62. The minimum atomic E-state index is -0.335. The highest BCUT2D eigenvalue weighted by Crippen LogP contribution is 2.14. The first kappa shape index (κ1) is 14.6. The molecule has 0 radical (unpaired) electrons. The van der Waals surface area contributed by atoms with Crippen molar-refractivity contribution in [3.8, 4) is 0 Å². The van der Waals surface area contributed by atoms with Crippen LogP contribution in [-0.4, -0.2) is 34.3 Å². The second-order valence-corrected chi connectivity index (χ2v) is 4.85. The molecule has 0 aliphatic rings. The second-order valence-electron chi connectivity index (χ2n) is 4.85. The number of rotatable bonds is 7. The molecule has 0 spiro atoms. The van der Waals surface area contributed by atoms with Gasteiger partial charge in [0.15, 0.2) is 0 Å². The van der Waals surface area contributed by atoms with Crippen LogP contribution in [0.5, 0.6) is 0 Å². The zero-order valence-electron chi connectivity index (χ0n) is 11.1. The van der Waals surface area contributed by atoms with Crippen molar-refractivity contribution in [3.63, 3.8) is 0 Å². The number of aromatic nitrogens is 2. The third kappa shape index (κ3) is 4.83. The highest BCUT2D eigenvalue weighted by Gasteiger charge is 2.16. The van der Waals surface area contributed by atoms with Gasteiger partial charge in [0.1, 0.15) is 0 Å². The molecule has 0 bridgehead atoms. The number of hydrogen-bond acceptors (Lipinski definition) is 5. The van der Waals surface area contributed by atoms with Gasteiger partial charge in [0.05, 0.1) is 0 Å². The van der Waals surface area contributed by atoms with Crippen molar-refractivity contribution in [1.82, 2.24) is 15.5 Å². The number of aliphatic hydroxyl groups excluding tert-OH is 1. The maximum absolute atomic E-state index is 11.7.